The molecule has 108 valence electrons. The van der Waals surface area contributed by atoms with E-state index in [1.807, 2.05) is 20.9 Å². The van der Waals surface area contributed by atoms with Gasteiger partial charge in [0.25, 0.3) is 0 Å². The largest absolute Gasteiger partial charge is 0.352 e. The summed E-state index contributed by atoms with van der Waals surface area (Å²) in [6.07, 6.45) is 4.49. The number of carbonyl (C=O) groups excluding carboxylic acids is 1. The van der Waals surface area contributed by atoms with E-state index in [0.29, 0.717) is 6.54 Å². The second-order valence-electron chi connectivity index (χ2n) is 4.96. The molecule has 1 heterocycles. The molecule has 0 aliphatic rings. The van der Waals surface area contributed by atoms with Crippen LogP contribution < -0.4 is 10.6 Å². The van der Waals surface area contributed by atoms with Crippen molar-refractivity contribution in [2.75, 3.05) is 6.54 Å². The molecule has 2 N–H and O–H groups in total. The first kappa shape index (κ1) is 15.6. The van der Waals surface area contributed by atoms with Gasteiger partial charge in [-0.25, -0.2) is 4.98 Å². The topological polar surface area (TPSA) is 71.8 Å². The first-order valence-corrected chi connectivity index (χ1v) is 6.91. The van der Waals surface area contributed by atoms with Crippen LogP contribution in [-0.4, -0.2) is 39.3 Å². The third kappa shape index (κ3) is 5.83. The highest BCUT2D eigenvalue weighted by atomic mass is 16.2. The Kier molecular flexibility index (Phi) is 6.49. The van der Waals surface area contributed by atoms with Crippen LogP contribution in [0.1, 0.15) is 39.4 Å². The number of amides is 1. The summed E-state index contributed by atoms with van der Waals surface area (Å²) < 4.78 is 1.68. The van der Waals surface area contributed by atoms with E-state index in [1.165, 1.54) is 0 Å². The molecule has 0 radical (unpaired) electrons. The van der Waals surface area contributed by atoms with Crippen LogP contribution >= 0.6 is 0 Å². The molecule has 1 aromatic heterocycles. The summed E-state index contributed by atoms with van der Waals surface area (Å²) in [5.74, 6) is 0.844. The van der Waals surface area contributed by atoms with Gasteiger partial charge in [0.2, 0.25) is 5.91 Å². The van der Waals surface area contributed by atoms with Gasteiger partial charge in [-0.15, -0.1) is 0 Å². The summed E-state index contributed by atoms with van der Waals surface area (Å²) in [4.78, 5) is 16.0. The maximum Gasteiger partial charge on any atom is 0.237 e. The Hall–Kier alpha value is -1.43. The average molecular weight is 267 g/mol. The number of nitrogens with one attached hydrogen (secondary N) is 2. The number of carbonyl (C=O) groups is 1. The van der Waals surface area contributed by atoms with Crippen molar-refractivity contribution in [1.82, 2.24) is 25.4 Å². The molecule has 0 bridgehead atoms. The van der Waals surface area contributed by atoms with Gasteiger partial charge < -0.3 is 10.6 Å². The lowest BCUT2D eigenvalue weighted by Gasteiger charge is -2.17. The molecule has 6 nitrogen and oxygen atoms in total. The van der Waals surface area contributed by atoms with Crippen molar-refractivity contribution in [2.24, 2.45) is 7.05 Å². The van der Waals surface area contributed by atoms with Crippen molar-refractivity contribution >= 4 is 5.91 Å². The van der Waals surface area contributed by atoms with Gasteiger partial charge in [-0.05, 0) is 20.3 Å². The highest BCUT2D eigenvalue weighted by molar-refractivity contribution is 5.81. The normalized spacial score (nSPS) is 14.1. The van der Waals surface area contributed by atoms with E-state index < -0.39 is 0 Å². The molecule has 0 aliphatic carbocycles. The van der Waals surface area contributed by atoms with Gasteiger partial charge in [0, 0.05) is 26.1 Å². The lowest BCUT2D eigenvalue weighted by Crippen LogP contribution is -2.45. The van der Waals surface area contributed by atoms with Crippen LogP contribution in [0.4, 0.5) is 0 Å². The van der Waals surface area contributed by atoms with Crippen LogP contribution in [0.25, 0.3) is 0 Å². The Morgan fingerprint density at radius 3 is 2.79 bits per heavy atom. The van der Waals surface area contributed by atoms with E-state index in [0.717, 1.165) is 25.1 Å². The van der Waals surface area contributed by atoms with Crippen LogP contribution in [0.15, 0.2) is 6.33 Å². The van der Waals surface area contributed by atoms with Gasteiger partial charge in [-0.2, -0.15) is 5.10 Å². The lowest BCUT2D eigenvalue weighted by molar-refractivity contribution is -0.123. The maximum absolute atomic E-state index is 11.9. The van der Waals surface area contributed by atoms with Crippen molar-refractivity contribution in [3.63, 3.8) is 0 Å². The fraction of sp³-hybridized carbons (Fsp3) is 0.769. The molecule has 1 aromatic rings. The minimum absolute atomic E-state index is 0.0509. The fourth-order valence-corrected chi connectivity index (χ4v) is 1.86. The van der Waals surface area contributed by atoms with E-state index in [1.54, 1.807) is 11.0 Å². The highest BCUT2D eigenvalue weighted by Gasteiger charge is 2.14. The monoisotopic (exact) mass is 267 g/mol. The number of aryl methyl sites for hydroxylation is 1. The summed E-state index contributed by atoms with van der Waals surface area (Å²) in [7, 11) is 1.84. The molecular weight excluding hydrogens is 242 g/mol. The van der Waals surface area contributed by atoms with Crippen LogP contribution in [0, 0.1) is 0 Å². The summed E-state index contributed by atoms with van der Waals surface area (Å²) in [6.45, 7) is 6.72. The van der Waals surface area contributed by atoms with E-state index in [-0.39, 0.29) is 18.0 Å². The van der Waals surface area contributed by atoms with Gasteiger partial charge in [0.15, 0.2) is 5.82 Å². The Morgan fingerprint density at radius 2 is 2.21 bits per heavy atom. The minimum Gasteiger partial charge on any atom is -0.352 e. The minimum atomic E-state index is -0.192. The lowest BCUT2D eigenvalue weighted by atomic mass is 10.2. The molecule has 1 amide bonds. The van der Waals surface area contributed by atoms with Crippen molar-refractivity contribution in [2.45, 2.75) is 52.1 Å². The number of rotatable bonds is 8. The predicted molar refractivity (Wildman–Crippen MR) is 74.7 cm³/mol. The summed E-state index contributed by atoms with van der Waals surface area (Å²) >= 11 is 0. The number of hydrogen-bond donors (Lipinski definition) is 2. The number of hydrogen-bond acceptors (Lipinski definition) is 4. The van der Waals surface area contributed by atoms with Gasteiger partial charge >= 0.3 is 0 Å². The molecule has 19 heavy (non-hydrogen) atoms. The quantitative estimate of drug-likeness (QED) is 0.725. The zero-order valence-corrected chi connectivity index (χ0v) is 12.3. The van der Waals surface area contributed by atoms with Gasteiger partial charge in [0.1, 0.15) is 6.33 Å². The van der Waals surface area contributed by atoms with Crippen LogP contribution in [0.3, 0.4) is 0 Å². The van der Waals surface area contributed by atoms with Crippen molar-refractivity contribution in [3.05, 3.63) is 12.2 Å². The zero-order chi connectivity index (χ0) is 14.3. The van der Waals surface area contributed by atoms with Crippen LogP contribution in [-0.2, 0) is 18.3 Å². The third-order valence-electron chi connectivity index (χ3n) is 2.95. The smallest absolute Gasteiger partial charge is 0.237 e. The van der Waals surface area contributed by atoms with E-state index in [4.69, 9.17) is 0 Å². The van der Waals surface area contributed by atoms with Crippen molar-refractivity contribution in [3.8, 4) is 0 Å². The molecule has 0 fully saturated rings. The molecule has 2 unspecified atom stereocenters. The fourth-order valence-electron chi connectivity index (χ4n) is 1.86. The molecule has 0 saturated carbocycles. The number of nitrogens with zero attached hydrogens (tertiary/aromatic N) is 3. The molecule has 2 atom stereocenters. The molecule has 0 aliphatic heterocycles. The first-order valence-electron chi connectivity index (χ1n) is 6.91. The Morgan fingerprint density at radius 1 is 1.47 bits per heavy atom. The van der Waals surface area contributed by atoms with Gasteiger partial charge in [-0.3, -0.25) is 9.48 Å². The summed E-state index contributed by atoms with van der Waals surface area (Å²) in [6, 6.07) is 0.0437. The Bertz CT molecular complexity index is 390. The van der Waals surface area contributed by atoms with Crippen molar-refractivity contribution in [1.29, 1.82) is 0 Å². The van der Waals surface area contributed by atoms with Crippen LogP contribution in [0.5, 0.6) is 0 Å². The molecule has 1 rings (SSSR count). The average Bonchev–Trinajstić information content (AvgIpc) is 2.75. The Labute approximate surface area is 115 Å². The van der Waals surface area contributed by atoms with E-state index in [2.05, 4.69) is 27.6 Å². The van der Waals surface area contributed by atoms with Crippen LogP contribution in [0.2, 0.25) is 0 Å². The Balaban J connectivity index is 2.23. The second-order valence-corrected chi connectivity index (χ2v) is 4.96. The van der Waals surface area contributed by atoms with Crippen molar-refractivity contribution < 1.29 is 4.79 Å². The molecule has 6 heteroatoms. The molecular formula is C13H25N5O. The standard InChI is InChI=1S/C13H25N5O/c1-5-6-10(2)16-13(19)11(3)14-8-7-12-15-9-18(4)17-12/h9-11,14H,5-8H2,1-4H3,(H,16,19). The SMILES string of the molecule is CCCC(C)NC(=O)C(C)NCCc1ncn(C)n1. The van der Waals surface area contributed by atoms with Gasteiger partial charge in [0.05, 0.1) is 6.04 Å². The highest BCUT2D eigenvalue weighted by Crippen LogP contribution is 1.96. The van der Waals surface area contributed by atoms with E-state index in [9.17, 15) is 4.79 Å². The number of aromatic nitrogens is 3. The second kappa shape index (κ2) is 7.89. The first-order chi connectivity index (χ1) is 9.02. The summed E-state index contributed by atoms with van der Waals surface area (Å²) in [5.41, 5.74) is 0. The van der Waals surface area contributed by atoms with E-state index >= 15 is 0 Å². The maximum atomic E-state index is 11.9. The molecule has 0 spiro atoms. The third-order valence-corrected chi connectivity index (χ3v) is 2.95. The predicted octanol–water partition coefficient (Wildman–Crippen LogP) is 0.641. The molecule has 0 saturated heterocycles. The zero-order valence-electron chi connectivity index (χ0n) is 12.3. The van der Waals surface area contributed by atoms with Gasteiger partial charge in [-0.1, -0.05) is 13.3 Å². The summed E-state index contributed by atoms with van der Waals surface area (Å²) in [5, 5.41) is 10.4. The molecule has 0 aromatic carbocycles.